The van der Waals surface area contributed by atoms with Gasteiger partial charge >= 0.3 is 0 Å². The van der Waals surface area contributed by atoms with Crippen LogP contribution in [0.5, 0.6) is 0 Å². The minimum atomic E-state index is -0.537. The summed E-state index contributed by atoms with van der Waals surface area (Å²) in [5, 5.41) is 10.7. The van der Waals surface area contributed by atoms with Crippen LogP contribution in [0.4, 0.5) is 0 Å². The number of unbranched alkanes of at least 4 members (excludes halogenated alkanes) is 2. The number of ether oxygens (including phenoxy) is 4. The topological polar surface area (TPSA) is 314 Å². The van der Waals surface area contributed by atoms with E-state index in [1.807, 2.05) is 0 Å². The molecule has 0 bridgehead atoms. The lowest BCUT2D eigenvalue weighted by Crippen LogP contribution is -2.35. The number of nitrogens with two attached hydrogens (primary N) is 2. The molecule has 0 aromatic heterocycles. The molecule has 2 rings (SSSR count). The Bertz CT molecular complexity index is 1630. The summed E-state index contributed by atoms with van der Waals surface area (Å²) in [6.07, 6.45) is 8.67. The molecule has 2 unspecified atom stereocenters. The van der Waals surface area contributed by atoms with E-state index < -0.39 is 35.7 Å². The first kappa shape index (κ1) is 74.3. The van der Waals surface area contributed by atoms with E-state index in [9.17, 15) is 47.9 Å². The number of imide groups is 2. The molecule has 0 saturated heterocycles. The summed E-state index contributed by atoms with van der Waals surface area (Å²) < 4.78 is 21.0. The summed E-state index contributed by atoms with van der Waals surface area (Å²) >= 11 is 18.1. The van der Waals surface area contributed by atoms with Gasteiger partial charge in [-0.3, -0.25) is 57.7 Å². The summed E-state index contributed by atoms with van der Waals surface area (Å²) in [7, 11) is 2.24. The number of nitrogens with one attached hydrogen (secondary N) is 4. The van der Waals surface area contributed by atoms with Gasteiger partial charge in [-0.1, -0.05) is 22.3 Å². The van der Waals surface area contributed by atoms with Crippen molar-refractivity contribution >= 4 is 134 Å². The molecule has 2 atom stereocenters. The van der Waals surface area contributed by atoms with Crippen molar-refractivity contribution in [1.29, 1.82) is 0 Å². The van der Waals surface area contributed by atoms with Crippen LogP contribution in [0.2, 0.25) is 0 Å². The van der Waals surface area contributed by atoms with Crippen LogP contribution < -0.4 is 32.7 Å². The number of carbonyl (C=O) groups is 10. The molecule has 22 nitrogen and oxygen atoms in total. The molecule has 0 fully saturated rings. The van der Waals surface area contributed by atoms with Gasteiger partial charge in [0.1, 0.15) is 13.2 Å². The average molecular weight is 1150 g/mol. The van der Waals surface area contributed by atoms with Crippen molar-refractivity contribution in [3.63, 3.8) is 0 Å². The predicted molar refractivity (Wildman–Crippen MR) is 287 cm³/mol. The first-order valence-corrected chi connectivity index (χ1v) is 29.3. The van der Waals surface area contributed by atoms with Crippen LogP contribution in [0, 0.1) is 0 Å². The van der Waals surface area contributed by atoms with Crippen LogP contribution in [0.25, 0.3) is 0 Å². The normalized spacial score (nSPS) is 13.2. The van der Waals surface area contributed by atoms with Gasteiger partial charge in [0.05, 0.1) is 66.4 Å². The highest BCUT2D eigenvalue weighted by Crippen LogP contribution is 2.11. The van der Waals surface area contributed by atoms with E-state index in [2.05, 4.69) is 68.5 Å². The molecule has 0 aliphatic carbocycles. The molecule has 2 aliphatic rings. The second kappa shape index (κ2) is 49.1. The SMILES string of the molecule is C.C.C.NC(CCCCNC(=O)COCCOCCNC(=O)CCN1C(=O)C=CC1=O)C(=O)P=S.NC(CCCCNC(=O)COCCOCCNC(=O)CCN1C(=O)C=CC1=O)C(=O)P=S.S=PP=S. The Morgan fingerprint density at radius 1 is 0.479 bits per heavy atom. The fourth-order valence-corrected chi connectivity index (χ4v) is 6.46. The van der Waals surface area contributed by atoms with Crippen molar-refractivity contribution in [1.82, 2.24) is 31.1 Å². The van der Waals surface area contributed by atoms with Crippen molar-refractivity contribution in [2.24, 2.45) is 11.5 Å². The number of carbonyl (C=O) groups excluding carboxylic acids is 10. The third kappa shape index (κ3) is 40.0. The highest BCUT2D eigenvalue weighted by Gasteiger charge is 2.24. The zero-order valence-corrected chi connectivity index (χ0v) is 44.1. The molecule has 0 radical (unpaired) electrons. The van der Waals surface area contributed by atoms with Crippen molar-refractivity contribution < 1.29 is 66.9 Å². The second-order valence-corrected chi connectivity index (χ2v) is 20.4. The molecule has 0 saturated carbocycles. The van der Waals surface area contributed by atoms with Crippen LogP contribution in [-0.4, -0.2) is 172 Å². The van der Waals surface area contributed by atoms with E-state index in [1.54, 1.807) is 0 Å². The summed E-state index contributed by atoms with van der Waals surface area (Å²) in [4.78, 5) is 117. The van der Waals surface area contributed by atoms with Gasteiger partial charge in [-0.2, -0.15) is 0 Å². The predicted octanol–water partition coefficient (Wildman–Crippen LogP) is 1.62. The number of nitrogens with zero attached hydrogens (tertiary/aromatic N) is 2. The molecule has 8 N–H and O–H groups in total. The van der Waals surface area contributed by atoms with E-state index >= 15 is 0 Å². The van der Waals surface area contributed by atoms with Crippen molar-refractivity contribution in [3.05, 3.63) is 24.3 Å². The van der Waals surface area contributed by atoms with Crippen LogP contribution in [0.15, 0.2) is 24.3 Å². The average Bonchev–Trinajstić information content (AvgIpc) is 3.83. The number of rotatable bonds is 37. The van der Waals surface area contributed by atoms with Gasteiger partial charge < -0.3 is 51.7 Å². The van der Waals surface area contributed by atoms with Crippen molar-refractivity contribution in [3.8, 4) is 0 Å². The number of amides is 8. The first-order valence-electron chi connectivity index (χ1n) is 21.0. The number of hydrogen-bond acceptors (Lipinski definition) is 20. The van der Waals surface area contributed by atoms with Gasteiger partial charge in [0.2, 0.25) is 34.7 Å². The highest BCUT2D eigenvalue weighted by molar-refractivity contribution is 8.40. The van der Waals surface area contributed by atoms with Gasteiger partial charge in [-0.05, 0) is 85.8 Å². The van der Waals surface area contributed by atoms with Gasteiger partial charge in [0.25, 0.3) is 23.6 Å². The van der Waals surface area contributed by atoms with E-state index in [0.29, 0.717) is 38.8 Å². The van der Waals surface area contributed by atoms with E-state index in [0.717, 1.165) is 36.7 Å². The van der Waals surface area contributed by atoms with Crippen LogP contribution in [0.1, 0.15) is 73.6 Å². The molecular weight excluding hydrogens is 1080 g/mol. The maximum absolute atomic E-state index is 11.7. The zero-order chi connectivity index (χ0) is 51.0. The lowest BCUT2D eigenvalue weighted by Gasteiger charge is -2.13. The largest absolute Gasteiger partial charge is 0.377 e. The van der Waals surface area contributed by atoms with Crippen LogP contribution in [-0.2, 0) is 114 Å². The smallest absolute Gasteiger partial charge is 0.253 e. The molecule has 0 aromatic rings. The molecule has 0 spiro atoms. The van der Waals surface area contributed by atoms with Gasteiger partial charge in [-0.25, -0.2) is 0 Å². The standard InChI is InChI=1S/2C19H29N4O7PS.3CH4.P2S2/c2*20-14(19(28)31-32)3-1-2-7-21-16(25)13-30-12-11-29-10-8-22-15(24)6-9-23-17(26)4-5-18(23)27;;;;3-1-2-4/h2*4-5,14H,1-3,6-13,20H2,(H,21,25)(H,22,24);3*1H4;. The first-order chi connectivity index (χ1) is 32.6. The fraction of sp³-hybridized carbons (Fsp3) is 0.659. The Morgan fingerprint density at radius 2 is 0.789 bits per heavy atom. The van der Waals surface area contributed by atoms with Gasteiger partial charge in [0.15, 0.2) is 0 Å². The molecule has 2 aliphatic heterocycles. The molecule has 402 valence electrons. The maximum atomic E-state index is 11.7. The molecule has 71 heavy (non-hydrogen) atoms. The summed E-state index contributed by atoms with van der Waals surface area (Å²) in [6, 6.07) is -1.07. The lowest BCUT2D eigenvalue weighted by atomic mass is 10.1. The molecule has 0 aromatic carbocycles. The summed E-state index contributed by atoms with van der Waals surface area (Å²) in [5.41, 5.74) is 11.0. The van der Waals surface area contributed by atoms with Crippen LogP contribution in [0.3, 0.4) is 0 Å². The minimum absolute atomic E-state index is 0. The summed E-state index contributed by atoms with van der Waals surface area (Å²) in [6.45, 7) is 2.91. The van der Waals surface area contributed by atoms with Gasteiger partial charge in [0, 0.05) is 90.5 Å². The lowest BCUT2D eigenvalue weighted by molar-refractivity contribution is -0.139. The Labute approximate surface area is 443 Å². The van der Waals surface area contributed by atoms with Gasteiger partial charge in [-0.15, -0.1) is 0 Å². The minimum Gasteiger partial charge on any atom is -0.377 e. The Balaban J connectivity index is -0.000000565. The monoisotopic (exact) mass is 1150 g/mol. The second-order valence-electron chi connectivity index (χ2n) is 13.8. The number of hydrogen-bond donors (Lipinski definition) is 6. The quantitative estimate of drug-likeness (QED) is 0.0293. The molecular formula is C41H70N8O14P4S4. The van der Waals surface area contributed by atoms with E-state index in [4.69, 9.17) is 30.4 Å². The third-order valence-corrected chi connectivity index (χ3v) is 13.4. The summed E-state index contributed by atoms with van der Waals surface area (Å²) in [5.74, 6) is -2.73. The molecule has 30 heteroatoms. The molecule has 8 amide bonds. The zero-order valence-electron chi connectivity index (χ0n) is 37.2. The fourth-order valence-electron chi connectivity index (χ4n) is 5.12. The van der Waals surface area contributed by atoms with E-state index in [1.165, 1.54) is 24.3 Å². The third-order valence-electron chi connectivity index (χ3n) is 8.65. The molecule has 2 heterocycles. The maximum Gasteiger partial charge on any atom is 0.253 e. The Hall–Kier alpha value is -3.18. The van der Waals surface area contributed by atoms with Crippen LogP contribution >= 0.6 is 28.8 Å². The highest BCUT2D eigenvalue weighted by atomic mass is 32.7. The Kier molecular flexibility index (Phi) is 51.4. The van der Waals surface area contributed by atoms with Crippen molar-refractivity contribution in [2.75, 3.05) is 92.1 Å². The van der Waals surface area contributed by atoms with Crippen molar-refractivity contribution in [2.45, 2.75) is 85.7 Å². The Morgan fingerprint density at radius 3 is 1.10 bits per heavy atom. The van der Waals surface area contributed by atoms with E-state index in [-0.39, 0.29) is 164 Å².